The number of nitrogens with one attached hydrogen (secondary N) is 2. The van der Waals surface area contributed by atoms with E-state index in [1.807, 2.05) is 0 Å². The van der Waals surface area contributed by atoms with Crippen LogP contribution in [0.5, 0.6) is 5.75 Å². The minimum atomic E-state index is -4.71. The highest BCUT2D eigenvalue weighted by atomic mass is 19.4. The first-order valence-electron chi connectivity index (χ1n) is 8.62. The predicted octanol–water partition coefficient (Wildman–Crippen LogP) is 5.40. The second-order valence-electron chi connectivity index (χ2n) is 6.08. The van der Waals surface area contributed by atoms with Crippen LogP contribution in [0.2, 0.25) is 0 Å². The van der Waals surface area contributed by atoms with Crippen LogP contribution >= 0.6 is 0 Å². The molecule has 0 aliphatic rings. The van der Waals surface area contributed by atoms with E-state index in [4.69, 9.17) is 16.2 Å². The zero-order chi connectivity index (χ0) is 23.2. The zero-order valence-electron chi connectivity index (χ0n) is 16.1. The van der Waals surface area contributed by atoms with Crippen molar-refractivity contribution in [3.63, 3.8) is 0 Å². The molecule has 2 aromatic rings. The molecule has 2 aromatic carbocycles. The van der Waals surface area contributed by atoms with Crippen LogP contribution < -0.4 is 26.8 Å². The van der Waals surface area contributed by atoms with Crippen molar-refractivity contribution in [1.29, 1.82) is 0 Å². The smallest absolute Gasteiger partial charge is 0.421 e. The molecule has 10 heteroatoms. The van der Waals surface area contributed by atoms with Gasteiger partial charge in [-0.05, 0) is 30.3 Å². The van der Waals surface area contributed by atoms with E-state index >= 15 is 0 Å². The van der Waals surface area contributed by atoms with Gasteiger partial charge in [0.25, 0.3) is 0 Å². The first-order chi connectivity index (χ1) is 14.5. The van der Waals surface area contributed by atoms with Gasteiger partial charge >= 0.3 is 6.18 Å². The van der Waals surface area contributed by atoms with Gasteiger partial charge in [0.05, 0.1) is 11.4 Å². The van der Waals surface area contributed by atoms with Crippen LogP contribution in [0.3, 0.4) is 0 Å². The summed E-state index contributed by atoms with van der Waals surface area (Å²) in [6.07, 6.45) is -1.70. The van der Waals surface area contributed by atoms with Crippen molar-refractivity contribution < 1.29 is 26.7 Å². The summed E-state index contributed by atoms with van der Waals surface area (Å²) in [6.45, 7) is 7.01. The molecule has 0 amide bonds. The Morgan fingerprint density at radius 2 is 1.65 bits per heavy atom. The van der Waals surface area contributed by atoms with Crippen molar-refractivity contribution in [2.45, 2.75) is 6.18 Å². The molecular formula is C21H19F5N4O. The van der Waals surface area contributed by atoms with Crippen molar-refractivity contribution in [3.05, 3.63) is 96.7 Å². The molecule has 31 heavy (non-hydrogen) atoms. The Kier molecular flexibility index (Phi) is 7.30. The fourth-order valence-electron chi connectivity index (χ4n) is 2.31. The third-order valence-corrected chi connectivity index (χ3v) is 3.73. The number of hydrogen-bond acceptors (Lipinski definition) is 5. The molecule has 5 nitrogen and oxygen atoms in total. The number of nitrogen functional groups attached to an aromatic ring is 1. The molecule has 0 aliphatic heterocycles. The second kappa shape index (κ2) is 9.70. The van der Waals surface area contributed by atoms with E-state index < -0.39 is 29.3 Å². The summed E-state index contributed by atoms with van der Waals surface area (Å²) in [6, 6.07) is 7.42. The van der Waals surface area contributed by atoms with Gasteiger partial charge in [-0.3, -0.25) is 0 Å². The van der Waals surface area contributed by atoms with Gasteiger partial charge in [0.1, 0.15) is 17.1 Å². The number of halogens is 5. The minimum absolute atomic E-state index is 0.0289. The van der Waals surface area contributed by atoms with Crippen molar-refractivity contribution in [1.82, 2.24) is 0 Å². The molecule has 0 bridgehead atoms. The number of alkyl halides is 3. The molecule has 2 rings (SSSR count). The Morgan fingerprint density at radius 1 is 1.03 bits per heavy atom. The Bertz CT molecular complexity index is 1030. The van der Waals surface area contributed by atoms with Crippen LogP contribution in [0.15, 0.2) is 85.1 Å². The number of anilines is 3. The SMILES string of the molecule is C=C/C=C\C(=C(/N)Oc1ccc(NC(=C)Nc2cc(F)c(F)cc2N)cc1)C(F)(F)F. The average molecular weight is 438 g/mol. The number of allylic oxidation sites excluding steroid dienone is 4. The van der Waals surface area contributed by atoms with Crippen molar-refractivity contribution in [2.75, 3.05) is 16.4 Å². The zero-order valence-corrected chi connectivity index (χ0v) is 16.1. The molecule has 0 aromatic heterocycles. The Labute approximate surface area is 175 Å². The second-order valence-corrected chi connectivity index (χ2v) is 6.08. The fraction of sp³-hybridized carbons (Fsp3) is 0.0476. The number of benzene rings is 2. The highest BCUT2D eigenvalue weighted by molar-refractivity contribution is 5.69. The molecule has 0 saturated heterocycles. The maximum Gasteiger partial charge on any atom is 0.421 e. The third-order valence-electron chi connectivity index (χ3n) is 3.73. The Hall–Kier alpha value is -3.95. The van der Waals surface area contributed by atoms with E-state index in [0.717, 1.165) is 24.3 Å². The van der Waals surface area contributed by atoms with Crippen molar-refractivity contribution in [2.24, 2.45) is 5.73 Å². The van der Waals surface area contributed by atoms with E-state index in [2.05, 4.69) is 23.8 Å². The maximum atomic E-state index is 13.4. The first kappa shape index (κ1) is 23.3. The van der Waals surface area contributed by atoms with Gasteiger partial charge < -0.3 is 26.8 Å². The topological polar surface area (TPSA) is 85.3 Å². The summed E-state index contributed by atoms with van der Waals surface area (Å²) in [7, 11) is 0. The lowest BCUT2D eigenvalue weighted by atomic mass is 10.2. The quantitative estimate of drug-likeness (QED) is 0.192. The van der Waals surface area contributed by atoms with Crippen LogP contribution in [-0.2, 0) is 0 Å². The van der Waals surface area contributed by atoms with E-state index in [1.54, 1.807) is 0 Å². The lowest BCUT2D eigenvalue weighted by Gasteiger charge is -2.15. The predicted molar refractivity (Wildman–Crippen MR) is 111 cm³/mol. The lowest BCUT2D eigenvalue weighted by Crippen LogP contribution is -2.20. The van der Waals surface area contributed by atoms with Crippen LogP contribution in [0.1, 0.15) is 0 Å². The molecule has 0 unspecified atom stereocenters. The molecule has 0 saturated carbocycles. The molecule has 164 valence electrons. The summed E-state index contributed by atoms with van der Waals surface area (Å²) in [5.41, 5.74) is 10.5. The van der Waals surface area contributed by atoms with Gasteiger partial charge in [0.15, 0.2) is 11.6 Å². The van der Waals surface area contributed by atoms with E-state index in [1.165, 1.54) is 30.3 Å². The van der Waals surface area contributed by atoms with E-state index in [9.17, 15) is 22.0 Å². The molecule has 0 fully saturated rings. The molecule has 0 aliphatic carbocycles. The third kappa shape index (κ3) is 6.53. The van der Waals surface area contributed by atoms with Gasteiger partial charge in [-0.1, -0.05) is 25.3 Å². The maximum absolute atomic E-state index is 13.4. The molecule has 0 atom stereocenters. The van der Waals surface area contributed by atoms with Gasteiger partial charge in [-0.25, -0.2) is 8.78 Å². The number of hydrogen-bond donors (Lipinski definition) is 4. The molecule has 0 heterocycles. The summed E-state index contributed by atoms with van der Waals surface area (Å²) >= 11 is 0. The van der Waals surface area contributed by atoms with Gasteiger partial charge in [0.2, 0.25) is 5.88 Å². The fourth-order valence-corrected chi connectivity index (χ4v) is 2.31. The number of rotatable bonds is 8. The lowest BCUT2D eigenvalue weighted by molar-refractivity contribution is -0.0906. The summed E-state index contributed by atoms with van der Waals surface area (Å²) in [5.74, 6) is -2.76. The monoisotopic (exact) mass is 438 g/mol. The largest absolute Gasteiger partial charge is 0.441 e. The van der Waals surface area contributed by atoms with Crippen LogP contribution in [0, 0.1) is 11.6 Å². The number of ether oxygens (including phenoxy) is 1. The first-order valence-corrected chi connectivity index (χ1v) is 8.62. The van der Waals surface area contributed by atoms with Gasteiger partial charge in [-0.2, -0.15) is 13.2 Å². The van der Waals surface area contributed by atoms with Crippen LogP contribution in [0.4, 0.5) is 39.0 Å². The normalized spacial score (nSPS) is 12.3. The van der Waals surface area contributed by atoms with Gasteiger partial charge in [0, 0.05) is 17.8 Å². The highest BCUT2D eigenvalue weighted by Gasteiger charge is 2.35. The molecule has 0 spiro atoms. The van der Waals surface area contributed by atoms with Crippen molar-refractivity contribution >= 4 is 17.1 Å². The van der Waals surface area contributed by atoms with E-state index in [0.29, 0.717) is 5.69 Å². The van der Waals surface area contributed by atoms with Crippen molar-refractivity contribution in [3.8, 4) is 5.75 Å². The Balaban J connectivity index is 2.09. The Morgan fingerprint density at radius 3 is 2.23 bits per heavy atom. The average Bonchev–Trinajstić information content (AvgIpc) is 2.67. The summed E-state index contributed by atoms with van der Waals surface area (Å²) < 4.78 is 70.8. The van der Waals surface area contributed by atoms with Crippen LogP contribution in [-0.4, -0.2) is 6.18 Å². The highest BCUT2D eigenvalue weighted by Crippen LogP contribution is 2.29. The standard InChI is InChI=1S/C21H19F5N4O/c1-3-4-5-15(21(24,25)26)20(28)31-14-8-6-13(7-9-14)29-12(2)30-19-11-17(23)16(22)10-18(19)27/h3-11,29-30H,1-2,27-28H2/b5-4-,20-15-. The number of nitrogens with two attached hydrogens (primary N) is 2. The summed E-state index contributed by atoms with van der Waals surface area (Å²) in [4.78, 5) is 0. The minimum Gasteiger partial charge on any atom is -0.441 e. The molecule has 0 radical (unpaired) electrons. The van der Waals surface area contributed by atoms with E-state index in [-0.39, 0.29) is 22.9 Å². The molecule has 6 N–H and O–H groups in total. The van der Waals surface area contributed by atoms with Gasteiger partial charge in [-0.15, -0.1) is 0 Å². The summed E-state index contributed by atoms with van der Waals surface area (Å²) in [5, 5.41) is 5.52. The molecular weight excluding hydrogens is 419 g/mol. The van der Waals surface area contributed by atoms with Crippen LogP contribution in [0.25, 0.3) is 0 Å².